The number of anilines is 2. The van der Waals surface area contributed by atoms with Gasteiger partial charge in [0.1, 0.15) is 5.82 Å². The molecule has 176 valence electrons. The summed E-state index contributed by atoms with van der Waals surface area (Å²) in [6.45, 7) is 0.531. The third-order valence-corrected chi connectivity index (χ3v) is 6.11. The van der Waals surface area contributed by atoms with Crippen LogP contribution in [0.25, 0.3) is 10.9 Å². The Kier molecular flexibility index (Phi) is 8.08. The molecule has 0 radical (unpaired) electrons. The second kappa shape index (κ2) is 10.8. The van der Waals surface area contributed by atoms with Crippen LogP contribution in [0.2, 0.25) is 0 Å². The van der Waals surface area contributed by atoms with E-state index in [-0.39, 0.29) is 23.9 Å². The number of hydrogen-bond acceptors (Lipinski definition) is 4. The quantitative estimate of drug-likeness (QED) is 0.502. The highest BCUT2D eigenvalue weighted by atomic mass is 35.5. The topological polar surface area (TPSA) is 57.3 Å². The Morgan fingerprint density at radius 2 is 1.76 bits per heavy atom. The van der Waals surface area contributed by atoms with Gasteiger partial charge in [-0.2, -0.15) is 0 Å². The number of para-hydroxylation sites is 1. The number of benzene rings is 2. The molecule has 8 heteroatoms. The van der Waals surface area contributed by atoms with Gasteiger partial charge in [0.2, 0.25) is 0 Å². The van der Waals surface area contributed by atoms with Gasteiger partial charge >= 0.3 is 0 Å². The van der Waals surface area contributed by atoms with E-state index in [9.17, 15) is 13.6 Å². The summed E-state index contributed by atoms with van der Waals surface area (Å²) in [7, 11) is 4.07. The molecule has 1 amide bonds. The number of pyridine rings is 1. The fraction of sp³-hybridized carbons (Fsp3) is 0.360. The average molecular weight is 475 g/mol. The minimum Gasteiger partial charge on any atom is -0.377 e. The van der Waals surface area contributed by atoms with Gasteiger partial charge in [-0.05, 0) is 55.9 Å². The molecular formula is C25H29ClF2N4O. The van der Waals surface area contributed by atoms with Crippen molar-refractivity contribution in [3.63, 3.8) is 0 Å². The Balaban J connectivity index is 0.00000306. The third kappa shape index (κ3) is 5.90. The predicted octanol–water partition coefficient (Wildman–Crippen LogP) is 5.40. The molecule has 1 aliphatic rings. The number of hydrogen-bond donors (Lipinski definition) is 2. The van der Waals surface area contributed by atoms with E-state index in [4.69, 9.17) is 4.98 Å². The van der Waals surface area contributed by atoms with Crippen molar-refractivity contribution in [2.45, 2.75) is 31.7 Å². The largest absolute Gasteiger partial charge is 0.377 e. The van der Waals surface area contributed by atoms with Crippen LogP contribution in [-0.4, -0.2) is 37.6 Å². The van der Waals surface area contributed by atoms with E-state index >= 15 is 0 Å². The molecule has 0 atom stereocenters. The van der Waals surface area contributed by atoms with Crippen molar-refractivity contribution >= 4 is 40.7 Å². The van der Waals surface area contributed by atoms with E-state index in [1.807, 2.05) is 32.3 Å². The Morgan fingerprint density at radius 1 is 1.03 bits per heavy atom. The van der Waals surface area contributed by atoms with E-state index in [1.165, 1.54) is 6.07 Å². The molecule has 2 N–H and O–H groups in total. The fourth-order valence-corrected chi connectivity index (χ4v) is 4.30. The molecule has 1 fully saturated rings. The number of amides is 1. The molecular weight excluding hydrogens is 446 g/mol. The van der Waals surface area contributed by atoms with Crippen LogP contribution in [0.1, 0.15) is 36.0 Å². The summed E-state index contributed by atoms with van der Waals surface area (Å²) < 4.78 is 26.4. The maximum absolute atomic E-state index is 13.3. The average Bonchev–Trinajstić information content (AvgIpc) is 2.79. The van der Waals surface area contributed by atoms with Gasteiger partial charge in [-0.1, -0.05) is 18.2 Å². The lowest BCUT2D eigenvalue weighted by Crippen LogP contribution is -2.34. The van der Waals surface area contributed by atoms with Gasteiger partial charge in [0.25, 0.3) is 5.91 Å². The van der Waals surface area contributed by atoms with Crippen LogP contribution in [0.3, 0.4) is 0 Å². The molecule has 4 rings (SSSR count). The van der Waals surface area contributed by atoms with E-state index < -0.39 is 11.6 Å². The van der Waals surface area contributed by atoms with E-state index in [1.54, 1.807) is 0 Å². The lowest BCUT2D eigenvalue weighted by atomic mass is 9.86. The highest BCUT2D eigenvalue weighted by Crippen LogP contribution is 2.30. The standard InChI is InChI=1S/C25H28F2N4O.ClH/c1-31(2)23-14-24(30-22-6-4-3-5-19(22)23)29-18-10-7-16(8-11-18)15-28-25(32)17-9-12-20(26)21(27)13-17;/h3-6,9,12-14,16,18H,7-8,10-11,15H2,1-2H3,(H,28,32)(H,29,30);1H. The fourth-order valence-electron chi connectivity index (χ4n) is 4.30. The van der Waals surface area contributed by atoms with Gasteiger partial charge in [-0.3, -0.25) is 4.79 Å². The summed E-state index contributed by atoms with van der Waals surface area (Å²) in [5.41, 5.74) is 2.24. The highest BCUT2D eigenvalue weighted by Gasteiger charge is 2.22. The molecule has 33 heavy (non-hydrogen) atoms. The normalized spacial score (nSPS) is 17.8. The van der Waals surface area contributed by atoms with Crippen molar-refractivity contribution in [1.82, 2.24) is 10.3 Å². The summed E-state index contributed by atoms with van der Waals surface area (Å²) in [6, 6.07) is 13.8. The molecule has 0 bridgehead atoms. The van der Waals surface area contributed by atoms with Gasteiger partial charge in [-0.25, -0.2) is 13.8 Å². The SMILES string of the molecule is CN(C)c1cc(NC2CCC(CNC(=O)c3ccc(F)c(F)c3)CC2)nc2ccccc12.Cl. The molecule has 1 heterocycles. The molecule has 0 spiro atoms. The lowest BCUT2D eigenvalue weighted by Gasteiger charge is -2.30. The molecule has 1 aliphatic carbocycles. The summed E-state index contributed by atoms with van der Waals surface area (Å²) in [5.74, 6) is -1.10. The smallest absolute Gasteiger partial charge is 0.251 e. The van der Waals surface area contributed by atoms with Crippen molar-refractivity contribution in [3.8, 4) is 0 Å². The van der Waals surface area contributed by atoms with Crippen LogP contribution < -0.4 is 15.5 Å². The monoisotopic (exact) mass is 474 g/mol. The first-order valence-corrected chi connectivity index (χ1v) is 11.0. The number of halogens is 3. The molecule has 0 aliphatic heterocycles. The molecule has 5 nitrogen and oxygen atoms in total. The molecule has 2 aromatic carbocycles. The summed E-state index contributed by atoms with van der Waals surface area (Å²) in [5, 5.41) is 7.57. The Morgan fingerprint density at radius 3 is 2.45 bits per heavy atom. The van der Waals surface area contributed by atoms with Crippen LogP contribution in [-0.2, 0) is 0 Å². The van der Waals surface area contributed by atoms with E-state index in [0.29, 0.717) is 18.5 Å². The summed E-state index contributed by atoms with van der Waals surface area (Å²) >= 11 is 0. The highest BCUT2D eigenvalue weighted by molar-refractivity contribution is 5.94. The van der Waals surface area contributed by atoms with Crippen molar-refractivity contribution in [3.05, 3.63) is 65.7 Å². The number of carbonyl (C=O) groups excluding carboxylic acids is 1. The number of nitrogens with zero attached hydrogens (tertiary/aromatic N) is 2. The predicted molar refractivity (Wildman–Crippen MR) is 131 cm³/mol. The van der Waals surface area contributed by atoms with Crippen molar-refractivity contribution in [2.75, 3.05) is 30.9 Å². The van der Waals surface area contributed by atoms with Gasteiger partial charge in [0, 0.05) is 49.4 Å². The maximum Gasteiger partial charge on any atom is 0.251 e. The van der Waals surface area contributed by atoms with Crippen molar-refractivity contribution in [2.24, 2.45) is 5.92 Å². The molecule has 0 unspecified atom stereocenters. The number of rotatable bonds is 6. The van der Waals surface area contributed by atoms with Gasteiger partial charge < -0.3 is 15.5 Å². The van der Waals surface area contributed by atoms with Crippen LogP contribution in [0.4, 0.5) is 20.3 Å². The van der Waals surface area contributed by atoms with Crippen LogP contribution >= 0.6 is 12.4 Å². The summed E-state index contributed by atoms with van der Waals surface area (Å²) in [6.07, 6.45) is 3.92. The molecule has 3 aromatic rings. The Labute approximate surface area is 199 Å². The second-order valence-corrected chi connectivity index (χ2v) is 8.64. The first-order valence-electron chi connectivity index (χ1n) is 11.0. The number of aromatic nitrogens is 1. The van der Waals surface area contributed by atoms with Gasteiger partial charge in [0.05, 0.1) is 5.52 Å². The Bertz CT molecular complexity index is 1120. The van der Waals surface area contributed by atoms with Gasteiger partial charge in [0.15, 0.2) is 11.6 Å². The number of fused-ring (bicyclic) bond motifs is 1. The maximum atomic E-state index is 13.3. The van der Waals surface area contributed by atoms with E-state index in [0.717, 1.165) is 60.2 Å². The van der Waals surface area contributed by atoms with Crippen LogP contribution in [0.15, 0.2) is 48.5 Å². The lowest BCUT2D eigenvalue weighted by molar-refractivity contribution is 0.0942. The zero-order valence-corrected chi connectivity index (χ0v) is 19.6. The van der Waals surface area contributed by atoms with Crippen molar-refractivity contribution in [1.29, 1.82) is 0 Å². The van der Waals surface area contributed by atoms with Crippen molar-refractivity contribution < 1.29 is 13.6 Å². The van der Waals surface area contributed by atoms with Gasteiger partial charge in [-0.15, -0.1) is 12.4 Å². The number of nitrogens with one attached hydrogen (secondary N) is 2. The minimum atomic E-state index is -1.01. The van der Waals surface area contributed by atoms with E-state index in [2.05, 4.69) is 27.7 Å². The van der Waals surface area contributed by atoms with Crippen LogP contribution in [0, 0.1) is 17.6 Å². The zero-order valence-electron chi connectivity index (χ0n) is 18.8. The van der Waals surface area contributed by atoms with Crippen LogP contribution in [0.5, 0.6) is 0 Å². The molecule has 1 saturated carbocycles. The molecule has 0 saturated heterocycles. The third-order valence-electron chi connectivity index (χ3n) is 6.11. The molecule has 1 aromatic heterocycles. The first kappa shape index (κ1) is 24.7. The summed E-state index contributed by atoms with van der Waals surface area (Å²) in [4.78, 5) is 19.1. The second-order valence-electron chi connectivity index (χ2n) is 8.64. The Hall–Kier alpha value is -2.93. The minimum absolute atomic E-state index is 0. The first-order chi connectivity index (χ1) is 15.4. The number of carbonyl (C=O) groups is 1. The zero-order chi connectivity index (χ0) is 22.7.